The molecule has 1 amide bonds. The van der Waals surface area contributed by atoms with Crippen molar-refractivity contribution in [2.24, 2.45) is 0 Å². The van der Waals surface area contributed by atoms with E-state index in [1.165, 1.54) is 11.1 Å². The number of fused-ring (bicyclic) bond motifs is 2. The molecule has 3 heterocycles. The lowest BCUT2D eigenvalue weighted by atomic mass is 9.90. The second-order valence-corrected chi connectivity index (χ2v) is 7.42. The van der Waals surface area contributed by atoms with Crippen LogP contribution in [0.3, 0.4) is 0 Å². The Labute approximate surface area is 165 Å². The summed E-state index contributed by atoms with van der Waals surface area (Å²) >= 11 is 6.25. The molecule has 4 rings (SSSR count). The van der Waals surface area contributed by atoms with Gasteiger partial charge in [0.05, 0.1) is 16.4 Å². The van der Waals surface area contributed by atoms with Crippen molar-refractivity contribution in [3.8, 4) is 11.1 Å². The van der Waals surface area contributed by atoms with Crippen LogP contribution in [-0.2, 0) is 0 Å². The van der Waals surface area contributed by atoms with Crippen LogP contribution in [-0.4, -0.2) is 27.7 Å². The van der Waals surface area contributed by atoms with Gasteiger partial charge in [-0.2, -0.15) is 0 Å². The van der Waals surface area contributed by atoms with E-state index in [1.54, 1.807) is 25.3 Å². The van der Waals surface area contributed by atoms with E-state index < -0.39 is 11.9 Å². The molecule has 1 atom stereocenters. The zero-order chi connectivity index (χ0) is 20.2. The number of pyridine rings is 2. The van der Waals surface area contributed by atoms with Crippen LogP contribution in [0.15, 0.2) is 24.5 Å². The largest absolute Gasteiger partial charge is 0.465 e. The summed E-state index contributed by atoms with van der Waals surface area (Å²) in [5.41, 5.74) is 8.38. The minimum Gasteiger partial charge on any atom is -0.465 e. The maximum Gasteiger partial charge on any atom is 0.411 e. The highest BCUT2D eigenvalue weighted by Gasteiger charge is 2.31. The molecule has 0 bridgehead atoms. The molecule has 28 heavy (non-hydrogen) atoms. The number of halogens is 2. The van der Waals surface area contributed by atoms with Gasteiger partial charge in [0.25, 0.3) is 0 Å². The summed E-state index contributed by atoms with van der Waals surface area (Å²) in [6, 6.07) is 3.26. The highest BCUT2D eigenvalue weighted by atomic mass is 35.5. The highest BCUT2D eigenvalue weighted by molar-refractivity contribution is 6.36. The number of nitrogen functional groups attached to an aromatic ring is 1. The summed E-state index contributed by atoms with van der Waals surface area (Å²) in [5.74, 6) is -0.183. The molecule has 0 radical (unpaired) electrons. The molecule has 1 aromatic carbocycles. The fourth-order valence-corrected chi connectivity index (χ4v) is 4.05. The van der Waals surface area contributed by atoms with Gasteiger partial charge in [0, 0.05) is 41.4 Å². The SMILES string of the molecule is Cc1c(-c2cc3cc(N)ncc3c(Cl)c2F)cnc2c1N(C(=O)O)CCC2C. The van der Waals surface area contributed by atoms with Crippen LogP contribution in [0.25, 0.3) is 21.9 Å². The number of nitrogens with zero attached hydrogens (tertiary/aromatic N) is 3. The van der Waals surface area contributed by atoms with Crippen LogP contribution in [0.5, 0.6) is 0 Å². The summed E-state index contributed by atoms with van der Waals surface area (Å²) in [4.78, 5) is 21.5. The Morgan fingerprint density at radius 2 is 2.07 bits per heavy atom. The van der Waals surface area contributed by atoms with E-state index in [1.807, 2.05) is 6.92 Å². The van der Waals surface area contributed by atoms with Gasteiger partial charge in [0.1, 0.15) is 11.6 Å². The van der Waals surface area contributed by atoms with Gasteiger partial charge in [0.15, 0.2) is 0 Å². The lowest BCUT2D eigenvalue weighted by Crippen LogP contribution is -2.36. The van der Waals surface area contributed by atoms with Gasteiger partial charge in [-0.1, -0.05) is 18.5 Å². The Morgan fingerprint density at radius 1 is 1.32 bits per heavy atom. The van der Waals surface area contributed by atoms with E-state index in [2.05, 4.69) is 9.97 Å². The Balaban J connectivity index is 2.00. The molecule has 0 aliphatic carbocycles. The van der Waals surface area contributed by atoms with E-state index in [9.17, 15) is 9.90 Å². The van der Waals surface area contributed by atoms with E-state index >= 15 is 4.39 Å². The fraction of sp³-hybridized carbons (Fsp3) is 0.250. The van der Waals surface area contributed by atoms with Crippen molar-refractivity contribution in [1.29, 1.82) is 0 Å². The Morgan fingerprint density at radius 3 is 2.79 bits per heavy atom. The predicted octanol–water partition coefficient (Wildman–Crippen LogP) is 4.97. The first-order valence-corrected chi connectivity index (χ1v) is 9.21. The van der Waals surface area contributed by atoms with Crippen molar-refractivity contribution >= 4 is 40.0 Å². The van der Waals surface area contributed by atoms with Gasteiger partial charge in [-0.3, -0.25) is 9.88 Å². The first kappa shape index (κ1) is 18.4. The summed E-state index contributed by atoms with van der Waals surface area (Å²) in [6.07, 6.45) is 2.66. The molecule has 0 fully saturated rings. The summed E-state index contributed by atoms with van der Waals surface area (Å²) < 4.78 is 15.1. The molecule has 0 spiro atoms. The van der Waals surface area contributed by atoms with Crippen molar-refractivity contribution in [3.05, 3.63) is 46.6 Å². The smallest absolute Gasteiger partial charge is 0.411 e. The average molecular weight is 401 g/mol. The van der Waals surface area contributed by atoms with Crippen molar-refractivity contribution in [1.82, 2.24) is 9.97 Å². The van der Waals surface area contributed by atoms with Crippen LogP contribution in [0.2, 0.25) is 5.02 Å². The van der Waals surface area contributed by atoms with Crippen LogP contribution in [0, 0.1) is 12.7 Å². The molecule has 0 saturated heterocycles. The average Bonchev–Trinajstić information content (AvgIpc) is 2.65. The summed E-state index contributed by atoms with van der Waals surface area (Å²) in [7, 11) is 0. The van der Waals surface area contributed by atoms with Crippen LogP contribution >= 0.6 is 11.6 Å². The van der Waals surface area contributed by atoms with Gasteiger partial charge in [0.2, 0.25) is 0 Å². The van der Waals surface area contributed by atoms with E-state index in [0.717, 1.165) is 0 Å². The number of carboxylic acid groups (broad SMARTS) is 1. The number of hydrogen-bond acceptors (Lipinski definition) is 4. The zero-order valence-electron chi connectivity index (χ0n) is 15.3. The van der Waals surface area contributed by atoms with Gasteiger partial charge in [-0.05, 0) is 36.4 Å². The number of benzene rings is 1. The molecule has 0 saturated carbocycles. The van der Waals surface area contributed by atoms with Crippen LogP contribution in [0.1, 0.15) is 30.5 Å². The molecule has 2 aromatic heterocycles. The van der Waals surface area contributed by atoms with Gasteiger partial charge >= 0.3 is 6.09 Å². The summed E-state index contributed by atoms with van der Waals surface area (Å²) in [6.45, 7) is 4.16. The summed E-state index contributed by atoms with van der Waals surface area (Å²) in [5, 5.41) is 10.7. The standard InChI is InChI=1S/C20H18ClFN4O2/c1-9-3-4-26(20(27)28)19-10(2)13(7-25-18(9)19)12-5-11-6-15(23)24-8-14(11)16(21)17(12)22/h5-9H,3-4H2,1-2H3,(H2,23,24)(H,27,28). The lowest BCUT2D eigenvalue weighted by Gasteiger charge is -2.32. The third-order valence-corrected chi connectivity index (χ3v) is 5.67. The molecule has 3 aromatic rings. The number of anilines is 2. The number of aromatic nitrogens is 2. The second-order valence-electron chi connectivity index (χ2n) is 7.04. The van der Waals surface area contributed by atoms with Gasteiger partial charge in [-0.25, -0.2) is 14.2 Å². The fourth-order valence-electron chi connectivity index (χ4n) is 3.79. The second kappa shape index (κ2) is 6.60. The lowest BCUT2D eigenvalue weighted by molar-refractivity contribution is 0.201. The zero-order valence-corrected chi connectivity index (χ0v) is 16.1. The number of hydrogen-bond donors (Lipinski definition) is 2. The van der Waals surface area contributed by atoms with Crippen LogP contribution < -0.4 is 10.6 Å². The minimum absolute atomic E-state index is 0.0550. The number of carbonyl (C=O) groups is 1. The third kappa shape index (κ3) is 2.74. The van der Waals surface area contributed by atoms with Crippen LogP contribution in [0.4, 0.5) is 20.7 Å². The Bertz CT molecular complexity index is 1140. The molecule has 6 nitrogen and oxygen atoms in total. The maximum atomic E-state index is 15.1. The molecule has 1 unspecified atom stereocenters. The van der Waals surface area contributed by atoms with Crippen molar-refractivity contribution in [2.45, 2.75) is 26.2 Å². The quantitative estimate of drug-likeness (QED) is 0.601. The van der Waals surface area contributed by atoms with Crippen molar-refractivity contribution < 1.29 is 14.3 Å². The topological polar surface area (TPSA) is 92.3 Å². The Kier molecular flexibility index (Phi) is 4.34. The van der Waals surface area contributed by atoms with E-state index in [0.29, 0.717) is 52.1 Å². The van der Waals surface area contributed by atoms with E-state index in [4.69, 9.17) is 17.3 Å². The molecule has 3 N–H and O–H groups in total. The van der Waals surface area contributed by atoms with E-state index in [-0.39, 0.29) is 16.5 Å². The molecule has 144 valence electrons. The van der Waals surface area contributed by atoms with Gasteiger partial charge < -0.3 is 10.8 Å². The minimum atomic E-state index is -1.05. The number of rotatable bonds is 1. The normalized spacial score (nSPS) is 16.3. The van der Waals surface area contributed by atoms with Gasteiger partial charge in [-0.15, -0.1) is 0 Å². The molecular formula is C20H18ClFN4O2. The maximum absolute atomic E-state index is 15.1. The first-order valence-electron chi connectivity index (χ1n) is 8.83. The highest BCUT2D eigenvalue weighted by Crippen LogP contribution is 2.42. The van der Waals surface area contributed by atoms with Crippen molar-refractivity contribution in [2.75, 3.05) is 17.2 Å². The Hall–Kier alpha value is -2.93. The molecule has 1 aliphatic rings. The molecular weight excluding hydrogens is 383 g/mol. The molecule has 8 heteroatoms. The number of amides is 1. The third-order valence-electron chi connectivity index (χ3n) is 5.30. The monoisotopic (exact) mass is 400 g/mol. The predicted molar refractivity (Wildman–Crippen MR) is 107 cm³/mol. The number of nitrogens with two attached hydrogens (primary N) is 1. The molecule has 1 aliphatic heterocycles. The van der Waals surface area contributed by atoms with Crippen molar-refractivity contribution in [3.63, 3.8) is 0 Å². The first-order chi connectivity index (χ1) is 13.3.